The minimum Gasteiger partial charge on any atom is -0.330 e. The van der Waals surface area contributed by atoms with Gasteiger partial charge in [0, 0.05) is 41.4 Å². The molecule has 0 aliphatic rings. The highest BCUT2D eigenvalue weighted by Crippen LogP contribution is 2.29. The molecule has 0 aliphatic heterocycles. The molecule has 0 aliphatic carbocycles. The van der Waals surface area contributed by atoms with Crippen LogP contribution < -0.4 is 10.6 Å². The molecular weight excluding hydrogens is 434 g/mol. The summed E-state index contributed by atoms with van der Waals surface area (Å²) in [6.07, 6.45) is 3.73. The number of fused-ring (bicyclic) bond motifs is 1. The van der Waals surface area contributed by atoms with Crippen LogP contribution >= 0.6 is 11.3 Å². The number of rotatable bonds is 8. The second-order valence-electron chi connectivity index (χ2n) is 7.58. The fourth-order valence-corrected chi connectivity index (χ4v) is 4.27. The van der Waals surface area contributed by atoms with E-state index in [1.54, 1.807) is 12.4 Å². The molecule has 8 nitrogen and oxygen atoms in total. The number of pyridine rings is 1. The Kier molecular flexibility index (Phi) is 5.88. The van der Waals surface area contributed by atoms with Gasteiger partial charge in [-0.25, -0.2) is 0 Å². The van der Waals surface area contributed by atoms with Gasteiger partial charge in [0.1, 0.15) is 5.01 Å². The van der Waals surface area contributed by atoms with Crippen molar-refractivity contribution in [3.8, 4) is 10.6 Å². The van der Waals surface area contributed by atoms with Gasteiger partial charge in [0.25, 0.3) is 0 Å². The number of carbonyl (C=O) groups excluding carboxylic acids is 1. The zero-order valence-corrected chi connectivity index (χ0v) is 18.7. The number of carbonyl (C=O) groups is 1. The Morgan fingerprint density at radius 1 is 1.06 bits per heavy atom. The highest BCUT2D eigenvalue weighted by molar-refractivity contribution is 7.18. The summed E-state index contributed by atoms with van der Waals surface area (Å²) in [7, 11) is 1.87. The lowest BCUT2D eigenvalue weighted by Gasteiger charge is -2.05. The number of anilines is 2. The summed E-state index contributed by atoms with van der Waals surface area (Å²) in [5, 5.41) is 24.4. The number of benzene rings is 2. The Hall–Kier alpha value is -3.95. The highest BCUT2D eigenvalue weighted by Gasteiger charge is 2.11. The van der Waals surface area contributed by atoms with Crippen LogP contribution in [0.3, 0.4) is 0 Å². The average Bonchev–Trinajstić information content (AvgIpc) is 3.49. The van der Waals surface area contributed by atoms with Crippen molar-refractivity contribution in [2.24, 2.45) is 0 Å². The van der Waals surface area contributed by atoms with Crippen LogP contribution in [0.1, 0.15) is 21.6 Å². The van der Waals surface area contributed by atoms with Gasteiger partial charge < -0.3 is 10.6 Å². The molecule has 0 unspecified atom stereocenters. The molecule has 0 atom stereocenters. The molecule has 0 fully saturated rings. The van der Waals surface area contributed by atoms with E-state index in [4.69, 9.17) is 0 Å². The van der Waals surface area contributed by atoms with Crippen LogP contribution in [0.4, 0.5) is 10.8 Å². The van der Waals surface area contributed by atoms with Crippen molar-refractivity contribution >= 4 is 38.8 Å². The molecule has 5 aromatic rings. The van der Waals surface area contributed by atoms with Crippen molar-refractivity contribution in [3.63, 3.8) is 0 Å². The van der Waals surface area contributed by atoms with E-state index in [0.29, 0.717) is 23.7 Å². The predicted molar refractivity (Wildman–Crippen MR) is 130 cm³/mol. The SMILES string of the molecule is CNCc1ccc(C(=O)Cc2cccc(-c3nnc(Nc4ccc5[nH]ncc5c4)s3)c2)cn1. The standard InChI is InChI=1S/C24H21N7OS/c1-25-14-20-6-5-17(12-26-20)22(32)10-15-3-2-4-16(9-15)23-30-31-24(33-23)28-19-7-8-21-18(11-19)13-27-29-21/h2-9,11-13,25H,10,14H2,1H3,(H,27,29)(H,28,31). The molecule has 3 N–H and O–H groups in total. The van der Waals surface area contributed by atoms with E-state index in [0.717, 1.165) is 38.4 Å². The number of nitrogens with zero attached hydrogens (tertiary/aromatic N) is 4. The summed E-state index contributed by atoms with van der Waals surface area (Å²) >= 11 is 1.46. The van der Waals surface area contributed by atoms with Gasteiger partial charge in [-0.1, -0.05) is 29.5 Å². The first-order valence-corrected chi connectivity index (χ1v) is 11.3. The lowest BCUT2D eigenvalue weighted by Crippen LogP contribution is -2.09. The Morgan fingerprint density at radius 3 is 2.85 bits per heavy atom. The molecule has 0 spiro atoms. The molecule has 33 heavy (non-hydrogen) atoms. The van der Waals surface area contributed by atoms with Crippen molar-refractivity contribution in [3.05, 3.63) is 83.8 Å². The van der Waals surface area contributed by atoms with E-state index in [1.165, 1.54) is 11.3 Å². The molecule has 3 aromatic heterocycles. The fraction of sp³-hybridized carbons (Fsp3) is 0.125. The molecular formula is C24H21N7OS. The Balaban J connectivity index is 1.28. The van der Waals surface area contributed by atoms with Crippen molar-refractivity contribution < 1.29 is 4.79 Å². The molecule has 3 heterocycles. The maximum absolute atomic E-state index is 12.7. The van der Waals surface area contributed by atoms with Crippen LogP contribution in [0.15, 0.2) is 67.0 Å². The molecule has 0 saturated carbocycles. The number of aromatic amines is 1. The number of nitrogens with one attached hydrogen (secondary N) is 3. The Bertz CT molecular complexity index is 1410. The van der Waals surface area contributed by atoms with Crippen LogP contribution in [0.25, 0.3) is 21.5 Å². The third-order valence-electron chi connectivity index (χ3n) is 5.16. The molecule has 2 aromatic carbocycles. The predicted octanol–water partition coefficient (Wildman–Crippen LogP) is 4.36. The summed E-state index contributed by atoms with van der Waals surface area (Å²) in [5.74, 6) is 0.0323. The zero-order chi connectivity index (χ0) is 22.6. The molecule has 0 amide bonds. The summed E-state index contributed by atoms with van der Waals surface area (Å²) in [6, 6.07) is 17.5. The average molecular weight is 456 g/mol. The monoisotopic (exact) mass is 455 g/mol. The number of H-pyrrole nitrogens is 1. The molecule has 9 heteroatoms. The smallest absolute Gasteiger partial charge is 0.210 e. The Labute approximate surface area is 194 Å². The van der Waals surface area contributed by atoms with Crippen molar-refractivity contribution in [2.45, 2.75) is 13.0 Å². The maximum atomic E-state index is 12.7. The fourth-order valence-electron chi connectivity index (χ4n) is 3.51. The minimum atomic E-state index is 0.0323. The van der Waals surface area contributed by atoms with Crippen LogP contribution in [0.2, 0.25) is 0 Å². The van der Waals surface area contributed by atoms with Crippen LogP contribution in [-0.2, 0) is 13.0 Å². The van der Waals surface area contributed by atoms with E-state index >= 15 is 0 Å². The second-order valence-corrected chi connectivity index (χ2v) is 8.56. The van der Waals surface area contributed by atoms with Gasteiger partial charge in [-0.2, -0.15) is 5.10 Å². The second kappa shape index (κ2) is 9.27. The van der Waals surface area contributed by atoms with Crippen molar-refractivity contribution in [1.29, 1.82) is 0 Å². The Morgan fingerprint density at radius 2 is 2.00 bits per heavy atom. The molecule has 0 bridgehead atoms. The first kappa shape index (κ1) is 20.9. The first-order chi connectivity index (χ1) is 16.2. The number of hydrogen-bond donors (Lipinski definition) is 3. The molecule has 0 saturated heterocycles. The van der Waals surface area contributed by atoms with Gasteiger partial charge in [0.15, 0.2) is 5.78 Å². The van der Waals surface area contributed by atoms with E-state index in [-0.39, 0.29) is 5.78 Å². The first-order valence-electron chi connectivity index (χ1n) is 10.4. The van der Waals surface area contributed by atoms with E-state index in [2.05, 4.69) is 36.0 Å². The summed E-state index contributed by atoms with van der Waals surface area (Å²) in [4.78, 5) is 17.0. The number of hydrogen-bond acceptors (Lipinski definition) is 8. The normalized spacial score (nSPS) is 11.1. The van der Waals surface area contributed by atoms with Crippen molar-refractivity contribution in [2.75, 3.05) is 12.4 Å². The summed E-state index contributed by atoms with van der Waals surface area (Å²) < 4.78 is 0. The van der Waals surface area contributed by atoms with Gasteiger partial charge >= 0.3 is 0 Å². The minimum absolute atomic E-state index is 0.0323. The van der Waals surface area contributed by atoms with Crippen LogP contribution in [0.5, 0.6) is 0 Å². The lowest BCUT2D eigenvalue weighted by molar-refractivity contribution is 0.0992. The van der Waals surface area contributed by atoms with Crippen LogP contribution in [-0.4, -0.2) is 38.2 Å². The van der Waals surface area contributed by atoms with E-state index in [1.807, 2.05) is 61.6 Å². The molecule has 164 valence electrons. The zero-order valence-electron chi connectivity index (χ0n) is 17.9. The van der Waals surface area contributed by atoms with Gasteiger partial charge in [-0.05, 0) is 49.0 Å². The van der Waals surface area contributed by atoms with Crippen molar-refractivity contribution in [1.82, 2.24) is 30.7 Å². The highest BCUT2D eigenvalue weighted by atomic mass is 32.1. The third-order valence-corrected chi connectivity index (χ3v) is 6.05. The molecule has 0 radical (unpaired) electrons. The quantitative estimate of drug-likeness (QED) is 0.298. The van der Waals surface area contributed by atoms with Gasteiger partial charge in [-0.3, -0.25) is 14.9 Å². The van der Waals surface area contributed by atoms with E-state index in [9.17, 15) is 4.79 Å². The number of ketones is 1. The largest absolute Gasteiger partial charge is 0.330 e. The lowest BCUT2D eigenvalue weighted by atomic mass is 10.0. The summed E-state index contributed by atoms with van der Waals surface area (Å²) in [5.41, 5.74) is 5.26. The molecule has 5 rings (SSSR count). The topological polar surface area (TPSA) is 108 Å². The number of aromatic nitrogens is 5. The van der Waals surface area contributed by atoms with Gasteiger partial charge in [0.05, 0.1) is 17.4 Å². The van der Waals surface area contributed by atoms with Gasteiger partial charge in [-0.15, -0.1) is 10.2 Å². The third kappa shape index (κ3) is 4.79. The van der Waals surface area contributed by atoms with Gasteiger partial charge in [0.2, 0.25) is 5.13 Å². The summed E-state index contributed by atoms with van der Waals surface area (Å²) in [6.45, 7) is 0.674. The van der Waals surface area contributed by atoms with Crippen LogP contribution in [0, 0.1) is 0 Å². The van der Waals surface area contributed by atoms with E-state index < -0.39 is 0 Å². The maximum Gasteiger partial charge on any atom is 0.210 e. The number of Topliss-reactive ketones (excluding diaryl/α,β-unsaturated/α-hetero) is 1.